The summed E-state index contributed by atoms with van der Waals surface area (Å²) in [7, 11) is 0. The molecule has 1 amide bonds. The molecule has 2 N–H and O–H groups in total. The summed E-state index contributed by atoms with van der Waals surface area (Å²) in [5.41, 5.74) is 3.08. The number of carbonyl (C=O) groups excluding carboxylic acids is 1. The molecule has 0 atom stereocenters. The van der Waals surface area contributed by atoms with Gasteiger partial charge in [-0.25, -0.2) is 0 Å². The third-order valence-corrected chi connectivity index (χ3v) is 3.40. The highest BCUT2D eigenvalue weighted by atomic mass is 16.5. The third-order valence-electron chi connectivity index (χ3n) is 3.40. The van der Waals surface area contributed by atoms with Crippen LogP contribution in [0.1, 0.15) is 21.5 Å². The van der Waals surface area contributed by atoms with Gasteiger partial charge in [-0.2, -0.15) is 0 Å². The Morgan fingerprint density at radius 1 is 1.35 bits per heavy atom. The molecule has 3 rings (SSSR count). The topological polar surface area (TPSA) is 50.4 Å². The smallest absolute Gasteiger partial charge is 0.251 e. The van der Waals surface area contributed by atoms with Crippen molar-refractivity contribution < 1.29 is 9.53 Å². The van der Waals surface area contributed by atoms with Crippen LogP contribution >= 0.6 is 0 Å². The maximum absolute atomic E-state index is 11.9. The van der Waals surface area contributed by atoms with Crippen molar-refractivity contribution in [3.8, 4) is 0 Å². The van der Waals surface area contributed by atoms with Crippen molar-refractivity contribution >= 4 is 5.91 Å². The van der Waals surface area contributed by atoms with E-state index in [-0.39, 0.29) is 5.91 Å². The molecule has 0 radical (unpaired) electrons. The van der Waals surface area contributed by atoms with Gasteiger partial charge >= 0.3 is 0 Å². The van der Waals surface area contributed by atoms with Gasteiger partial charge in [0.1, 0.15) is 0 Å². The Morgan fingerprint density at radius 2 is 2.18 bits per heavy atom. The van der Waals surface area contributed by atoms with E-state index in [9.17, 15) is 4.79 Å². The van der Waals surface area contributed by atoms with Crippen LogP contribution in [0.4, 0.5) is 0 Å². The first kappa shape index (κ1) is 10.7. The molecule has 90 valence electrons. The van der Waals surface area contributed by atoms with E-state index in [2.05, 4.69) is 10.6 Å². The molecule has 0 unspecified atom stereocenters. The van der Waals surface area contributed by atoms with E-state index < -0.39 is 0 Å². The molecule has 0 aromatic heterocycles. The number of benzene rings is 1. The summed E-state index contributed by atoms with van der Waals surface area (Å²) in [6.45, 7) is 4.09. The fourth-order valence-electron chi connectivity index (χ4n) is 2.15. The maximum Gasteiger partial charge on any atom is 0.251 e. The minimum Gasteiger partial charge on any atom is -0.372 e. The van der Waals surface area contributed by atoms with Crippen LogP contribution in [0.5, 0.6) is 0 Å². The first-order valence-electron chi connectivity index (χ1n) is 6.01. The van der Waals surface area contributed by atoms with Gasteiger partial charge in [0.25, 0.3) is 5.91 Å². The zero-order valence-corrected chi connectivity index (χ0v) is 9.66. The van der Waals surface area contributed by atoms with Crippen LogP contribution < -0.4 is 10.6 Å². The maximum atomic E-state index is 11.9. The molecule has 4 heteroatoms. The molecular formula is C13H16N2O2. The molecule has 17 heavy (non-hydrogen) atoms. The van der Waals surface area contributed by atoms with Crippen LogP contribution in [0.15, 0.2) is 18.2 Å². The SMILES string of the molecule is O=C(NCC1CNC1)c1ccc2c(c1)COC2. The highest BCUT2D eigenvalue weighted by Gasteiger charge is 2.18. The summed E-state index contributed by atoms with van der Waals surface area (Å²) in [6, 6.07) is 5.81. The van der Waals surface area contributed by atoms with E-state index in [4.69, 9.17) is 4.74 Å². The number of amides is 1. The Morgan fingerprint density at radius 3 is 2.94 bits per heavy atom. The normalized spacial score (nSPS) is 18.6. The molecule has 0 bridgehead atoms. The molecule has 0 spiro atoms. The van der Waals surface area contributed by atoms with Gasteiger partial charge in [-0.15, -0.1) is 0 Å². The Hall–Kier alpha value is -1.39. The van der Waals surface area contributed by atoms with E-state index in [0.29, 0.717) is 19.1 Å². The van der Waals surface area contributed by atoms with Crippen molar-refractivity contribution in [2.24, 2.45) is 5.92 Å². The third kappa shape index (κ3) is 2.18. The molecular weight excluding hydrogens is 216 g/mol. The molecule has 1 aromatic rings. The average Bonchev–Trinajstić information content (AvgIpc) is 2.73. The number of hydrogen-bond acceptors (Lipinski definition) is 3. The van der Waals surface area contributed by atoms with Gasteiger partial charge in [0.2, 0.25) is 0 Å². The van der Waals surface area contributed by atoms with Crippen molar-refractivity contribution in [1.29, 1.82) is 0 Å². The number of fused-ring (bicyclic) bond motifs is 1. The zero-order chi connectivity index (χ0) is 11.7. The lowest BCUT2D eigenvalue weighted by Gasteiger charge is -2.27. The van der Waals surface area contributed by atoms with Crippen molar-refractivity contribution in [2.45, 2.75) is 13.2 Å². The fraction of sp³-hybridized carbons (Fsp3) is 0.462. The fourth-order valence-corrected chi connectivity index (χ4v) is 2.15. The number of carbonyl (C=O) groups is 1. The molecule has 0 aliphatic carbocycles. The minimum atomic E-state index is 0.0200. The van der Waals surface area contributed by atoms with Gasteiger partial charge in [-0.1, -0.05) is 6.07 Å². The summed E-state index contributed by atoms with van der Waals surface area (Å²) in [4.78, 5) is 11.9. The van der Waals surface area contributed by atoms with Gasteiger partial charge < -0.3 is 15.4 Å². The first-order chi connectivity index (χ1) is 8.33. The quantitative estimate of drug-likeness (QED) is 0.805. The van der Waals surface area contributed by atoms with Crippen LogP contribution in [-0.4, -0.2) is 25.5 Å². The van der Waals surface area contributed by atoms with Crippen LogP contribution in [0.3, 0.4) is 0 Å². The lowest BCUT2D eigenvalue weighted by Crippen LogP contribution is -2.48. The molecule has 2 aliphatic heterocycles. The highest BCUT2D eigenvalue weighted by molar-refractivity contribution is 5.94. The second kappa shape index (κ2) is 4.47. The first-order valence-corrected chi connectivity index (χ1v) is 6.01. The van der Waals surface area contributed by atoms with Crippen LogP contribution in [0.2, 0.25) is 0 Å². The largest absolute Gasteiger partial charge is 0.372 e. The van der Waals surface area contributed by atoms with Crippen molar-refractivity contribution in [1.82, 2.24) is 10.6 Å². The Kier molecular flexibility index (Phi) is 2.82. The highest BCUT2D eigenvalue weighted by Crippen LogP contribution is 2.20. The molecule has 1 saturated heterocycles. The summed E-state index contributed by atoms with van der Waals surface area (Å²) in [5, 5.41) is 6.16. The molecule has 1 fully saturated rings. The van der Waals surface area contributed by atoms with Gasteiger partial charge in [0.05, 0.1) is 13.2 Å². The number of hydrogen-bond donors (Lipinski definition) is 2. The van der Waals surface area contributed by atoms with Gasteiger partial charge in [0, 0.05) is 31.1 Å². The monoisotopic (exact) mass is 232 g/mol. The van der Waals surface area contributed by atoms with Gasteiger partial charge in [-0.05, 0) is 23.3 Å². The van der Waals surface area contributed by atoms with Crippen LogP contribution in [0.25, 0.3) is 0 Å². The molecule has 4 nitrogen and oxygen atoms in total. The predicted octanol–water partition coefficient (Wildman–Crippen LogP) is 0.666. The Labute approximate surface area is 100 Å². The summed E-state index contributed by atoms with van der Waals surface area (Å²) < 4.78 is 5.33. The summed E-state index contributed by atoms with van der Waals surface area (Å²) in [6.07, 6.45) is 0. The molecule has 2 aliphatic rings. The van der Waals surface area contributed by atoms with Crippen LogP contribution in [0, 0.1) is 5.92 Å². The lowest BCUT2D eigenvalue weighted by atomic mass is 10.0. The van der Waals surface area contributed by atoms with E-state index in [1.807, 2.05) is 18.2 Å². The van der Waals surface area contributed by atoms with Crippen LogP contribution in [-0.2, 0) is 18.0 Å². The zero-order valence-electron chi connectivity index (χ0n) is 9.66. The second-order valence-electron chi connectivity index (χ2n) is 4.71. The van der Waals surface area contributed by atoms with E-state index in [1.54, 1.807) is 0 Å². The van der Waals surface area contributed by atoms with Gasteiger partial charge in [-0.3, -0.25) is 4.79 Å². The summed E-state index contributed by atoms with van der Waals surface area (Å²) >= 11 is 0. The van der Waals surface area contributed by atoms with E-state index >= 15 is 0 Å². The Bertz CT molecular complexity index is 441. The van der Waals surface area contributed by atoms with Gasteiger partial charge in [0.15, 0.2) is 0 Å². The molecule has 1 aromatic carbocycles. The average molecular weight is 232 g/mol. The lowest BCUT2D eigenvalue weighted by molar-refractivity contribution is 0.0942. The molecule has 0 saturated carbocycles. The Balaban J connectivity index is 1.64. The standard InChI is InChI=1S/C13H16N2O2/c16-13(15-6-9-4-14-5-9)10-1-2-11-7-17-8-12(11)3-10/h1-3,9,14H,4-8H2,(H,15,16). The predicted molar refractivity (Wildman–Crippen MR) is 63.6 cm³/mol. The summed E-state index contributed by atoms with van der Waals surface area (Å²) in [5.74, 6) is 0.614. The van der Waals surface area contributed by atoms with Crippen molar-refractivity contribution in [3.63, 3.8) is 0 Å². The number of ether oxygens (including phenoxy) is 1. The van der Waals surface area contributed by atoms with Crippen molar-refractivity contribution in [2.75, 3.05) is 19.6 Å². The minimum absolute atomic E-state index is 0.0200. The van der Waals surface area contributed by atoms with Crippen molar-refractivity contribution in [3.05, 3.63) is 34.9 Å². The second-order valence-corrected chi connectivity index (χ2v) is 4.71. The van der Waals surface area contributed by atoms with E-state index in [1.165, 1.54) is 5.56 Å². The van der Waals surface area contributed by atoms with E-state index in [0.717, 1.165) is 30.8 Å². The number of nitrogens with one attached hydrogen (secondary N) is 2. The molecule has 2 heterocycles. The number of rotatable bonds is 3.